The van der Waals surface area contributed by atoms with Gasteiger partial charge in [-0.3, -0.25) is 4.79 Å². The van der Waals surface area contributed by atoms with Crippen molar-refractivity contribution < 1.29 is 9.53 Å². The monoisotopic (exact) mass is 312 g/mol. The molecule has 1 saturated carbocycles. The van der Waals surface area contributed by atoms with Crippen LogP contribution in [0.15, 0.2) is 18.2 Å². The van der Waals surface area contributed by atoms with Gasteiger partial charge in [-0.2, -0.15) is 0 Å². The number of nitrogens with one attached hydrogen (secondary N) is 1. The van der Waals surface area contributed by atoms with Gasteiger partial charge in [-0.1, -0.05) is 18.6 Å². The number of halogens is 1. The van der Waals surface area contributed by atoms with Crippen LogP contribution in [0.25, 0.3) is 0 Å². The van der Waals surface area contributed by atoms with Crippen LogP contribution in [0.5, 0.6) is 5.75 Å². The van der Waals surface area contributed by atoms with E-state index in [0.29, 0.717) is 19.0 Å². The minimum Gasteiger partial charge on any atom is -0.496 e. The molecule has 0 aromatic heterocycles. The molecule has 1 aliphatic rings. The van der Waals surface area contributed by atoms with E-state index >= 15 is 0 Å². The Morgan fingerprint density at radius 3 is 2.86 bits per heavy atom. The molecule has 0 bridgehead atoms. The third-order valence-corrected chi connectivity index (χ3v) is 4.24. The summed E-state index contributed by atoms with van der Waals surface area (Å²) in [6.07, 6.45) is 3.15. The molecule has 2 atom stereocenters. The Kier molecular flexibility index (Phi) is 6.99. The standard InChI is InChI=1S/C16H24N2O2.ClH/c1-11-6-7-12(8-15(11)20-2)10-18-16(19)14-5-3-4-13(14)9-17;/h6-8,13-14H,3-5,9-10,17H2,1-2H3,(H,18,19);1H/t13-,14-;/m1./s1. The van der Waals surface area contributed by atoms with Crippen LogP contribution < -0.4 is 15.8 Å². The minimum absolute atomic E-state index is 0. The van der Waals surface area contributed by atoms with Crippen LogP contribution in [0.2, 0.25) is 0 Å². The summed E-state index contributed by atoms with van der Waals surface area (Å²) in [5.74, 6) is 1.44. The Hall–Kier alpha value is -1.26. The highest BCUT2D eigenvalue weighted by atomic mass is 35.5. The number of nitrogens with two attached hydrogens (primary N) is 1. The summed E-state index contributed by atoms with van der Waals surface area (Å²) in [5.41, 5.74) is 7.88. The first-order valence-corrected chi connectivity index (χ1v) is 7.27. The smallest absolute Gasteiger partial charge is 0.223 e. The largest absolute Gasteiger partial charge is 0.496 e. The molecule has 0 radical (unpaired) electrons. The Labute approximate surface area is 132 Å². The molecule has 4 nitrogen and oxygen atoms in total. The zero-order valence-corrected chi connectivity index (χ0v) is 13.5. The quantitative estimate of drug-likeness (QED) is 0.877. The van der Waals surface area contributed by atoms with Gasteiger partial charge in [0, 0.05) is 12.5 Å². The molecule has 1 aliphatic carbocycles. The second-order valence-corrected chi connectivity index (χ2v) is 5.55. The molecule has 3 N–H and O–H groups in total. The van der Waals surface area contributed by atoms with E-state index < -0.39 is 0 Å². The lowest BCUT2D eigenvalue weighted by atomic mass is 9.95. The molecular weight excluding hydrogens is 288 g/mol. The van der Waals surface area contributed by atoms with Gasteiger partial charge in [-0.05, 0) is 49.4 Å². The van der Waals surface area contributed by atoms with Crippen molar-refractivity contribution >= 4 is 18.3 Å². The highest BCUT2D eigenvalue weighted by Crippen LogP contribution is 2.31. The summed E-state index contributed by atoms with van der Waals surface area (Å²) in [6, 6.07) is 6.01. The molecule has 5 heteroatoms. The van der Waals surface area contributed by atoms with E-state index in [9.17, 15) is 4.79 Å². The summed E-state index contributed by atoms with van der Waals surface area (Å²) in [6.45, 7) is 3.16. The average molecular weight is 313 g/mol. The fraction of sp³-hybridized carbons (Fsp3) is 0.562. The molecule has 0 spiro atoms. The number of hydrogen-bond acceptors (Lipinski definition) is 3. The first-order valence-electron chi connectivity index (χ1n) is 7.27. The number of amides is 1. The first-order chi connectivity index (χ1) is 9.65. The lowest BCUT2D eigenvalue weighted by Crippen LogP contribution is -2.34. The first kappa shape index (κ1) is 17.8. The number of rotatable bonds is 5. The summed E-state index contributed by atoms with van der Waals surface area (Å²) < 4.78 is 5.30. The van der Waals surface area contributed by atoms with E-state index in [1.165, 1.54) is 0 Å². The van der Waals surface area contributed by atoms with Gasteiger partial charge in [0.15, 0.2) is 0 Å². The van der Waals surface area contributed by atoms with Gasteiger partial charge in [0.1, 0.15) is 5.75 Å². The normalized spacial score (nSPS) is 20.7. The van der Waals surface area contributed by atoms with Crippen molar-refractivity contribution in [2.75, 3.05) is 13.7 Å². The second-order valence-electron chi connectivity index (χ2n) is 5.55. The van der Waals surface area contributed by atoms with E-state index in [1.807, 2.05) is 25.1 Å². The van der Waals surface area contributed by atoms with Gasteiger partial charge in [0.05, 0.1) is 7.11 Å². The van der Waals surface area contributed by atoms with Crippen LogP contribution >= 0.6 is 12.4 Å². The zero-order valence-electron chi connectivity index (χ0n) is 12.7. The van der Waals surface area contributed by atoms with Crippen molar-refractivity contribution in [3.8, 4) is 5.75 Å². The predicted octanol–water partition coefficient (Wildman–Crippen LogP) is 2.42. The van der Waals surface area contributed by atoms with Crippen LogP contribution in [-0.4, -0.2) is 19.6 Å². The number of carbonyl (C=O) groups excluding carboxylic acids is 1. The Balaban J connectivity index is 0.00000220. The lowest BCUT2D eigenvalue weighted by Gasteiger charge is -2.17. The number of methoxy groups -OCH3 is 1. The maximum absolute atomic E-state index is 12.2. The summed E-state index contributed by atoms with van der Waals surface area (Å²) in [5, 5.41) is 3.03. The SMILES string of the molecule is COc1cc(CNC(=O)[C@@H]2CCC[C@@H]2CN)ccc1C.Cl. The molecule has 0 saturated heterocycles. The third-order valence-electron chi connectivity index (χ3n) is 4.24. The van der Waals surface area contributed by atoms with Crippen LogP contribution in [0.4, 0.5) is 0 Å². The Bertz CT molecular complexity index is 479. The number of hydrogen-bond donors (Lipinski definition) is 2. The highest BCUT2D eigenvalue weighted by molar-refractivity contribution is 5.85. The zero-order chi connectivity index (χ0) is 14.5. The van der Waals surface area contributed by atoms with Crippen LogP contribution in [0.1, 0.15) is 30.4 Å². The lowest BCUT2D eigenvalue weighted by molar-refractivity contribution is -0.126. The van der Waals surface area contributed by atoms with Crippen LogP contribution in [-0.2, 0) is 11.3 Å². The molecule has 118 valence electrons. The second kappa shape index (κ2) is 8.25. The molecule has 21 heavy (non-hydrogen) atoms. The highest BCUT2D eigenvalue weighted by Gasteiger charge is 2.31. The van der Waals surface area contributed by atoms with E-state index in [2.05, 4.69) is 5.32 Å². The molecule has 2 rings (SSSR count). The van der Waals surface area contributed by atoms with Crippen molar-refractivity contribution in [2.45, 2.75) is 32.7 Å². The van der Waals surface area contributed by atoms with Gasteiger partial charge in [0.2, 0.25) is 5.91 Å². The molecule has 0 aliphatic heterocycles. The Morgan fingerprint density at radius 1 is 1.43 bits per heavy atom. The summed E-state index contributed by atoms with van der Waals surface area (Å²) in [7, 11) is 1.66. The average Bonchev–Trinajstić information content (AvgIpc) is 2.94. The fourth-order valence-electron chi connectivity index (χ4n) is 2.96. The third kappa shape index (κ3) is 4.35. The minimum atomic E-state index is 0. The topological polar surface area (TPSA) is 64.3 Å². The van der Waals surface area contributed by atoms with Gasteiger partial charge >= 0.3 is 0 Å². The molecule has 1 fully saturated rings. The number of carbonyl (C=O) groups is 1. The van der Waals surface area contributed by atoms with Crippen molar-refractivity contribution in [1.29, 1.82) is 0 Å². The van der Waals surface area contributed by atoms with E-state index in [-0.39, 0.29) is 24.2 Å². The number of ether oxygens (including phenoxy) is 1. The van der Waals surface area contributed by atoms with Gasteiger partial charge in [-0.25, -0.2) is 0 Å². The van der Waals surface area contributed by atoms with E-state index in [4.69, 9.17) is 10.5 Å². The van der Waals surface area contributed by atoms with Crippen LogP contribution in [0, 0.1) is 18.8 Å². The van der Waals surface area contributed by atoms with Crippen molar-refractivity contribution in [3.05, 3.63) is 29.3 Å². The fourth-order valence-corrected chi connectivity index (χ4v) is 2.96. The molecule has 0 heterocycles. The number of aryl methyl sites for hydroxylation is 1. The van der Waals surface area contributed by atoms with Gasteiger partial charge in [0.25, 0.3) is 0 Å². The maximum Gasteiger partial charge on any atom is 0.223 e. The molecule has 1 aromatic carbocycles. The molecule has 1 aromatic rings. The molecule has 1 amide bonds. The summed E-state index contributed by atoms with van der Waals surface area (Å²) in [4.78, 5) is 12.2. The predicted molar refractivity (Wildman–Crippen MR) is 86.7 cm³/mol. The van der Waals surface area contributed by atoms with Crippen molar-refractivity contribution in [1.82, 2.24) is 5.32 Å². The van der Waals surface area contributed by atoms with Crippen molar-refractivity contribution in [3.63, 3.8) is 0 Å². The van der Waals surface area contributed by atoms with Gasteiger partial charge in [-0.15, -0.1) is 12.4 Å². The number of benzene rings is 1. The van der Waals surface area contributed by atoms with E-state index in [1.54, 1.807) is 7.11 Å². The summed E-state index contributed by atoms with van der Waals surface area (Å²) >= 11 is 0. The van der Waals surface area contributed by atoms with Crippen LogP contribution in [0.3, 0.4) is 0 Å². The van der Waals surface area contributed by atoms with Gasteiger partial charge < -0.3 is 15.8 Å². The maximum atomic E-state index is 12.2. The molecule has 0 unspecified atom stereocenters. The van der Waals surface area contributed by atoms with Crippen molar-refractivity contribution in [2.24, 2.45) is 17.6 Å². The van der Waals surface area contributed by atoms with E-state index in [0.717, 1.165) is 36.1 Å². The Morgan fingerprint density at radius 2 is 2.19 bits per heavy atom. The molecular formula is C16H25ClN2O2.